The van der Waals surface area contributed by atoms with Gasteiger partial charge in [0, 0.05) is 23.7 Å². The van der Waals surface area contributed by atoms with Gasteiger partial charge in [-0.25, -0.2) is 0 Å². The van der Waals surface area contributed by atoms with Gasteiger partial charge in [0.05, 0.1) is 6.67 Å². The van der Waals surface area contributed by atoms with E-state index < -0.39 is 0 Å². The lowest BCUT2D eigenvalue weighted by Crippen LogP contribution is -2.61. The number of fused-ring (bicyclic) bond motifs is 1. The zero-order valence-electron chi connectivity index (χ0n) is 16.4. The summed E-state index contributed by atoms with van der Waals surface area (Å²) in [5.41, 5.74) is 0.849. The third-order valence-electron chi connectivity index (χ3n) is 6.61. The lowest BCUT2D eigenvalue weighted by Gasteiger charge is -2.54. The van der Waals surface area contributed by atoms with Crippen molar-refractivity contribution in [3.63, 3.8) is 0 Å². The molecule has 4 nitrogen and oxygen atoms in total. The van der Waals surface area contributed by atoms with Crippen LogP contribution in [0.1, 0.15) is 48.5 Å². The highest BCUT2D eigenvalue weighted by Gasteiger charge is 2.54. The zero-order chi connectivity index (χ0) is 17.7. The van der Waals surface area contributed by atoms with E-state index >= 15 is 0 Å². The minimum Gasteiger partial charge on any atom is -0.330 e. The summed E-state index contributed by atoms with van der Waals surface area (Å²) in [4.78, 5) is 17.9. The number of hydrogen-bond acceptors (Lipinski definition) is 3. The Morgan fingerprint density at radius 3 is 2.26 bits per heavy atom. The second kappa shape index (κ2) is 5.89. The van der Waals surface area contributed by atoms with E-state index in [1.165, 1.54) is 0 Å². The fourth-order valence-electron chi connectivity index (χ4n) is 4.96. The van der Waals surface area contributed by atoms with Gasteiger partial charge in [0.1, 0.15) is 0 Å². The van der Waals surface area contributed by atoms with Gasteiger partial charge in [0.2, 0.25) is 5.91 Å². The van der Waals surface area contributed by atoms with E-state index in [1.807, 2.05) is 6.92 Å². The Hall–Kier alpha value is -0.870. The van der Waals surface area contributed by atoms with Gasteiger partial charge in [-0.3, -0.25) is 14.6 Å². The molecule has 2 aliphatic heterocycles. The first-order chi connectivity index (χ1) is 10.4. The van der Waals surface area contributed by atoms with Gasteiger partial charge in [-0.1, -0.05) is 33.8 Å². The number of amides is 1. The molecule has 4 atom stereocenters. The highest BCUT2D eigenvalue weighted by atomic mass is 16.2. The van der Waals surface area contributed by atoms with Crippen molar-refractivity contribution in [1.29, 1.82) is 0 Å². The third-order valence-corrected chi connectivity index (χ3v) is 6.61. The Labute approximate surface area is 142 Å². The maximum absolute atomic E-state index is 13.1. The molecule has 132 valence electrons. The van der Waals surface area contributed by atoms with Crippen LogP contribution in [0.2, 0.25) is 0 Å². The van der Waals surface area contributed by atoms with E-state index in [-0.39, 0.29) is 28.6 Å². The van der Waals surface area contributed by atoms with Gasteiger partial charge >= 0.3 is 0 Å². The Morgan fingerprint density at radius 2 is 1.70 bits per heavy atom. The van der Waals surface area contributed by atoms with Gasteiger partial charge in [0.15, 0.2) is 0 Å². The van der Waals surface area contributed by atoms with Crippen LogP contribution in [0.3, 0.4) is 0 Å². The maximum Gasteiger partial charge on any atom is 0.228 e. The molecule has 1 amide bonds. The highest BCUT2D eigenvalue weighted by molar-refractivity contribution is 5.82. The van der Waals surface area contributed by atoms with Crippen molar-refractivity contribution in [3.05, 3.63) is 11.8 Å². The van der Waals surface area contributed by atoms with E-state index in [0.717, 1.165) is 12.4 Å². The number of carbonyl (C=O) groups excluding carboxylic acids is 1. The van der Waals surface area contributed by atoms with E-state index in [1.54, 1.807) is 0 Å². The number of hydrogen-bond donors (Lipinski definition) is 1. The fourth-order valence-corrected chi connectivity index (χ4v) is 4.96. The molecule has 0 spiro atoms. The predicted octanol–water partition coefficient (Wildman–Crippen LogP) is 2.92. The monoisotopic (exact) mass is 321 g/mol. The van der Waals surface area contributed by atoms with Crippen LogP contribution in [0.5, 0.6) is 0 Å². The zero-order valence-corrected chi connectivity index (χ0v) is 16.4. The smallest absolute Gasteiger partial charge is 0.228 e. The Kier molecular flexibility index (Phi) is 4.73. The van der Waals surface area contributed by atoms with Crippen molar-refractivity contribution < 1.29 is 4.79 Å². The van der Waals surface area contributed by atoms with E-state index in [4.69, 9.17) is 0 Å². The molecule has 4 unspecified atom stereocenters. The van der Waals surface area contributed by atoms with Crippen LogP contribution < -0.4 is 5.32 Å². The predicted molar refractivity (Wildman–Crippen MR) is 95.8 cm³/mol. The molecule has 4 heteroatoms. The summed E-state index contributed by atoms with van der Waals surface area (Å²) in [7, 11) is 4.35. The molecule has 2 heterocycles. The molecule has 1 saturated heterocycles. The molecule has 0 bridgehead atoms. The lowest BCUT2D eigenvalue weighted by molar-refractivity contribution is -0.141. The van der Waals surface area contributed by atoms with Crippen LogP contribution in [0.15, 0.2) is 11.8 Å². The normalized spacial score (nSPS) is 38.7. The number of allylic oxidation sites excluding steroid dienone is 2. The van der Waals surface area contributed by atoms with E-state index in [2.05, 4.69) is 76.8 Å². The van der Waals surface area contributed by atoms with Crippen LogP contribution in [0, 0.1) is 22.7 Å². The number of nitrogens with zero attached hydrogens (tertiary/aromatic N) is 2. The molecule has 0 aliphatic carbocycles. The van der Waals surface area contributed by atoms with E-state index in [0.29, 0.717) is 12.1 Å². The largest absolute Gasteiger partial charge is 0.330 e. The van der Waals surface area contributed by atoms with Gasteiger partial charge < -0.3 is 5.32 Å². The van der Waals surface area contributed by atoms with Gasteiger partial charge in [0.25, 0.3) is 0 Å². The Bertz CT molecular complexity index is 509. The van der Waals surface area contributed by atoms with Crippen molar-refractivity contribution in [2.75, 3.05) is 20.8 Å². The van der Waals surface area contributed by atoms with Crippen molar-refractivity contribution in [3.8, 4) is 0 Å². The van der Waals surface area contributed by atoms with Crippen molar-refractivity contribution in [2.45, 2.75) is 60.5 Å². The average molecular weight is 322 g/mol. The van der Waals surface area contributed by atoms with Crippen molar-refractivity contribution in [1.82, 2.24) is 15.1 Å². The molecular weight excluding hydrogens is 286 g/mol. The first-order valence-electron chi connectivity index (χ1n) is 8.80. The molecule has 0 saturated carbocycles. The molecule has 1 N–H and O–H groups in total. The van der Waals surface area contributed by atoms with Gasteiger partial charge in [-0.15, -0.1) is 0 Å². The second-order valence-corrected chi connectivity index (χ2v) is 9.03. The summed E-state index contributed by atoms with van der Waals surface area (Å²) in [5, 5.41) is 3.16. The molecule has 2 rings (SSSR count). The molecule has 0 aromatic rings. The molecule has 1 fully saturated rings. The summed E-state index contributed by atoms with van der Waals surface area (Å²) in [6, 6.07) is 0.655. The van der Waals surface area contributed by atoms with Gasteiger partial charge in [-0.05, 0) is 51.6 Å². The molecular formula is C19H35N3O. The highest BCUT2D eigenvalue weighted by Crippen LogP contribution is 2.50. The summed E-state index contributed by atoms with van der Waals surface area (Å²) >= 11 is 0. The van der Waals surface area contributed by atoms with Crippen LogP contribution in [0.4, 0.5) is 0 Å². The maximum atomic E-state index is 13.1. The molecule has 2 aliphatic rings. The Balaban J connectivity index is 2.64. The number of nitrogens with one attached hydrogen (secondary N) is 1. The SMILES string of the molecule is CC1=CC(C)(C)C2C(C)N(C)CN(C)C(C)C(C)(C)C2C(=O)N1. The molecule has 0 aromatic heterocycles. The standard InChI is InChI=1S/C19H35N3O/c1-12-10-18(4,5)15-13(2)21(8)11-22(9)14(3)19(6,7)16(15)17(23)20-12/h10,13-16H,11H2,1-9H3,(H,20,23). The fraction of sp³-hybridized carbons (Fsp3) is 0.842. The summed E-state index contributed by atoms with van der Waals surface area (Å²) in [5.74, 6) is 0.430. The minimum absolute atomic E-state index is 0.0265. The van der Waals surface area contributed by atoms with Crippen LogP contribution in [-0.4, -0.2) is 48.6 Å². The van der Waals surface area contributed by atoms with Crippen LogP contribution in [-0.2, 0) is 4.79 Å². The van der Waals surface area contributed by atoms with Crippen molar-refractivity contribution >= 4 is 5.91 Å². The first kappa shape index (κ1) is 18.5. The quantitative estimate of drug-likeness (QED) is 0.745. The van der Waals surface area contributed by atoms with Crippen molar-refractivity contribution in [2.24, 2.45) is 22.7 Å². The first-order valence-corrected chi connectivity index (χ1v) is 8.80. The lowest BCUT2D eigenvalue weighted by atomic mass is 9.58. The summed E-state index contributed by atoms with van der Waals surface area (Å²) in [6.07, 6.45) is 2.26. The summed E-state index contributed by atoms with van der Waals surface area (Å²) in [6.45, 7) is 16.6. The summed E-state index contributed by atoms with van der Waals surface area (Å²) < 4.78 is 0. The Morgan fingerprint density at radius 1 is 1.13 bits per heavy atom. The molecule has 0 aromatic carbocycles. The second-order valence-electron chi connectivity index (χ2n) is 9.03. The molecule has 23 heavy (non-hydrogen) atoms. The topological polar surface area (TPSA) is 35.6 Å². The number of carbonyl (C=O) groups is 1. The third kappa shape index (κ3) is 3.08. The van der Waals surface area contributed by atoms with Gasteiger partial charge in [-0.2, -0.15) is 0 Å². The number of rotatable bonds is 0. The molecule has 0 radical (unpaired) electrons. The average Bonchev–Trinajstić information content (AvgIpc) is 2.48. The minimum atomic E-state index is -0.102. The van der Waals surface area contributed by atoms with Crippen LogP contribution >= 0.6 is 0 Å². The van der Waals surface area contributed by atoms with Crippen LogP contribution in [0.25, 0.3) is 0 Å². The van der Waals surface area contributed by atoms with E-state index in [9.17, 15) is 4.79 Å².